The van der Waals surface area contributed by atoms with E-state index in [-0.39, 0.29) is 11.7 Å². The van der Waals surface area contributed by atoms with E-state index in [4.69, 9.17) is 9.84 Å². The van der Waals surface area contributed by atoms with Gasteiger partial charge in [-0.2, -0.15) is 5.10 Å². The van der Waals surface area contributed by atoms with Crippen LogP contribution in [-0.4, -0.2) is 56.2 Å². The van der Waals surface area contributed by atoms with Gasteiger partial charge in [0, 0.05) is 37.9 Å². The number of aryl methyl sites for hydroxylation is 2. The van der Waals surface area contributed by atoms with Gasteiger partial charge in [0.1, 0.15) is 18.0 Å². The Morgan fingerprint density at radius 2 is 1.96 bits per heavy atom. The summed E-state index contributed by atoms with van der Waals surface area (Å²) in [5, 5.41) is 23.7. The Morgan fingerprint density at radius 3 is 2.52 bits per heavy atom. The molecule has 0 saturated carbocycles. The van der Waals surface area contributed by atoms with E-state index in [9.17, 15) is 9.90 Å². The Morgan fingerprint density at radius 1 is 1.28 bits per heavy atom. The minimum Gasteiger partial charge on any atom is -0.486 e. The van der Waals surface area contributed by atoms with Crippen molar-refractivity contribution in [2.24, 2.45) is 7.05 Å². The smallest absolute Gasteiger partial charge is 0.335 e. The molecule has 0 amide bonds. The summed E-state index contributed by atoms with van der Waals surface area (Å²) < 4.78 is 7.72. The Bertz CT molecular complexity index is 769. The number of benzene rings is 1. The number of hydrogen-bond acceptors (Lipinski definition) is 5. The predicted octanol–water partition coefficient (Wildman–Crippen LogP) is 1.36. The summed E-state index contributed by atoms with van der Waals surface area (Å²) in [5.41, 5.74) is 3.52. The van der Waals surface area contributed by atoms with E-state index in [1.165, 1.54) is 17.7 Å². The quantitative estimate of drug-likeness (QED) is 0.851. The third-order valence-corrected chi connectivity index (χ3v) is 4.74. The third kappa shape index (κ3) is 3.67. The molecule has 7 nitrogen and oxygen atoms in total. The lowest BCUT2D eigenvalue weighted by Gasteiger charge is -2.17. The highest BCUT2D eigenvalue weighted by Crippen LogP contribution is 2.22. The average molecular weight is 345 g/mol. The second-order valence-corrected chi connectivity index (χ2v) is 6.52. The maximum absolute atomic E-state index is 10.9. The van der Waals surface area contributed by atoms with Crippen LogP contribution in [0.25, 0.3) is 0 Å². The van der Waals surface area contributed by atoms with E-state index in [1.807, 2.05) is 25.6 Å². The lowest BCUT2D eigenvalue weighted by Crippen LogP contribution is -2.29. The molecule has 0 spiro atoms. The zero-order valence-corrected chi connectivity index (χ0v) is 14.6. The average Bonchev–Trinajstić information content (AvgIpc) is 3.02. The lowest BCUT2D eigenvalue weighted by atomic mass is 10.2. The molecule has 0 aliphatic carbocycles. The van der Waals surface area contributed by atoms with Crippen molar-refractivity contribution in [2.45, 2.75) is 32.6 Å². The zero-order valence-electron chi connectivity index (χ0n) is 14.6. The van der Waals surface area contributed by atoms with Crippen molar-refractivity contribution in [1.82, 2.24) is 14.7 Å². The summed E-state index contributed by atoms with van der Waals surface area (Å²) in [6.45, 7) is 5.90. The summed E-state index contributed by atoms with van der Waals surface area (Å²) in [4.78, 5) is 13.0. The summed E-state index contributed by atoms with van der Waals surface area (Å²) in [7, 11) is 1.93. The number of nitrogens with zero attached hydrogens (tertiary/aromatic N) is 3. The summed E-state index contributed by atoms with van der Waals surface area (Å²) >= 11 is 0. The molecular weight excluding hydrogens is 322 g/mol. The fourth-order valence-corrected chi connectivity index (χ4v) is 3.20. The standard InChI is InChI=1S/C18H23N3O4/c1-11-15(12(2)20(3)19-11)8-21-9-16(22)17(10-21)25-14-6-4-13(5-7-14)18(23)24/h4-7,16-17,22H,8-10H2,1-3H3,(H,23,24)/t16-,17-/m1/s1. The van der Waals surface area contributed by atoms with Gasteiger partial charge < -0.3 is 14.9 Å². The molecule has 0 unspecified atom stereocenters. The summed E-state index contributed by atoms with van der Waals surface area (Å²) in [5.74, 6) is -0.412. The normalized spacial score (nSPS) is 20.8. The molecule has 3 rings (SSSR count). The second kappa shape index (κ2) is 6.85. The lowest BCUT2D eigenvalue weighted by molar-refractivity contribution is 0.0693. The van der Waals surface area contributed by atoms with Crippen LogP contribution in [0.15, 0.2) is 24.3 Å². The topological polar surface area (TPSA) is 87.8 Å². The van der Waals surface area contributed by atoms with Crippen LogP contribution in [0.5, 0.6) is 5.75 Å². The van der Waals surface area contributed by atoms with Crippen LogP contribution in [0.3, 0.4) is 0 Å². The maximum Gasteiger partial charge on any atom is 0.335 e. The van der Waals surface area contributed by atoms with Gasteiger partial charge in [-0.05, 0) is 38.1 Å². The Labute approximate surface area is 146 Å². The number of aromatic nitrogens is 2. The first-order valence-corrected chi connectivity index (χ1v) is 8.24. The molecule has 1 aliphatic rings. The number of hydrogen-bond donors (Lipinski definition) is 2. The molecule has 1 saturated heterocycles. The van der Waals surface area contributed by atoms with Crippen LogP contribution < -0.4 is 4.74 Å². The molecule has 2 aromatic rings. The van der Waals surface area contributed by atoms with Crippen molar-refractivity contribution in [3.63, 3.8) is 0 Å². The van der Waals surface area contributed by atoms with Crippen LogP contribution in [0.4, 0.5) is 0 Å². The zero-order chi connectivity index (χ0) is 18.1. The monoisotopic (exact) mass is 345 g/mol. The fourth-order valence-electron chi connectivity index (χ4n) is 3.20. The molecule has 7 heteroatoms. The Hall–Kier alpha value is -2.38. The molecule has 2 heterocycles. The van der Waals surface area contributed by atoms with Gasteiger partial charge in [0.15, 0.2) is 0 Å². The van der Waals surface area contributed by atoms with Crippen LogP contribution in [0.2, 0.25) is 0 Å². The first kappa shape index (κ1) is 17.4. The number of carbonyl (C=O) groups is 1. The number of aromatic carboxylic acids is 1. The van der Waals surface area contributed by atoms with E-state index in [1.54, 1.807) is 12.1 Å². The summed E-state index contributed by atoms with van der Waals surface area (Å²) in [6, 6.07) is 6.24. The third-order valence-electron chi connectivity index (χ3n) is 4.74. The number of aliphatic hydroxyl groups is 1. The van der Waals surface area contributed by atoms with Gasteiger partial charge in [-0.15, -0.1) is 0 Å². The highest BCUT2D eigenvalue weighted by Gasteiger charge is 2.33. The van der Waals surface area contributed by atoms with Crippen molar-refractivity contribution in [3.8, 4) is 5.75 Å². The summed E-state index contributed by atoms with van der Waals surface area (Å²) in [6.07, 6.45) is -0.926. The molecule has 1 aromatic heterocycles. The Balaban J connectivity index is 1.64. The van der Waals surface area contributed by atoms with E-state index in [0.717, 1.165) is 17.9 Å². The number of aliphatic hydroxyl groups excluding tert-OH is 1. The molecule has 1 fully saturated rings. The first-order valence-electron chi connectivity index (χ1n) is 8.24. The predicted molar refractivity (Wildman–Crippen MR) is 91.8 cm³/mol. The van der Waals surface area contributed by atoms with Crippen LogP contribution in [0.1, 0.15) is 27.3 Å². The van der Waals surface area contributed by atoms with Crippen LogP contribution >= 0.6 is 0 Å². The largest absolute Gasteiger partial charge is 0.486 e. The molecule has 2 atom stereocenters. The highest BCUT2D eigenvalue weighted by molar-refractivity contribution is 5.87. The maximum atomic E-state index is 10.9. The first-order chi connectivity index (χ1) is 11.8. The SMILES string of the molecule is Cc1nn(C)c(C)c1CN1C[C@@H](O)[C@H](Oc2ccc(C(=O)O)cc2)C1. The number of β-amino-alcohol motifs (C(OH)–C–C–N with tert-alkyl or cyclic N) is 1. The minimum atomic E-state index is -0.971. The van der Waals surface area contributed by atoms with Crippen molar-refractivity contribution < 1.29 is 19.7 Å². The molecule has 134 valence electrons. The second-order valence-electron chi connectivity index (χ2n) is 6.52. The van der Waals surface area contributed by atoms with Gasteiger partial charge in [0.05, 0.1) is 11.3 Å². The van der Waals surface area contributed by atoms with E-state index < -0.39 is 12.1 Å². The molecule has 1 aromatic carbocycles. The van der Waals surface area contributed by atoms with Crippen molar-refractivity contribution in [3.05, 3.63) is 46.8 Å². The number of carboxylic acids is 1. The number of carboxylic acid groups (broad SMARTS) is 1. The number of rotatable bonds is 5. The van der Waals surface area contributed by atoms with Crippen molar-refractivity contribution in [1.29, 1.82) is 0 Å². The molecule has 2 N–H and O–H groups in total. The fraction of sp³-hybridized carbons (Fsp3) is 0.444. The number of ether oxygens (including phenoxy) is 1. The Kier molecular flexibility index (Phi) is 4.78. The van der Waals surface area contributed by atoms with Crippen LogP contribution in [0, 0.1) is 13.8 Å². The molecular formula is C18H23N3O4. The van der Waals surface area contributed by atoms with E-state index in [0.29, 0.717) is 18.8 Å². The van der Waals surface area contributed by atoms with E-state index in [2.05, 4.69) is 10.00 Å². The number of likely N-dealkylation sites (tertiary alicyclic amines) is 1. The molecule has 0 radical (unpaired) electrons. The molecule has 1 aliphatic heterocycles. The van der Waals surface area contributed by atoms with Crippen molar-refractivity contribution >= 4 is 5.97 Å². The minimum absolute atomic E-state index is 0.212. The van der Waals surface area contributed by atoms with Gasteiger partial charge >= 0.3 is 5.97 Å². The van der Waals surface area contributed by atoms with Gasteiger partial charge in [-0.25, -0.2) is 4.79 Å². The van der Waals surface area contributed by atoms with Gasteiger partial charge in [-0.1, -0.05) is 0 Å². The molecule has 0 bridgehead atoms. The van der Waals surface area contributed by atoms with Gasteiger partial charge in [-0.3, -0.25) is 9.58 Å². The van der Waals surface area contributed by atoms with Crippen molar-refractivity contribution in [2.75, 3.05) is 13.1 Å². The van der Waals surface area contributed by atoms with Crippen LogP contribution in [-0.2, 0) is 13.6 Å². The molecule has 25 heavy (non-hydrogen) atoms. The van der Waals surface area contributed by atoms with E-state index >= 15 is 0 Å². The van der Waals surface area contributed by atoms with Gasteiger partial charge in [0.25, 0.3) is 0 Å². The highest BCUT2D eigenvalue weighted by atomic mass is 16.5. The van der Waals surface area contributed by atoms with Gasteiger partial charge in [0.2, 0.25) is 0 Å².